The highest BCUT2D eigenvalue weighted by Gasteiger charge is 2.10. The fourth-order valence-electron chi connectivity index (χ4n) is 2.67. The van der Waals surface area contributed by atoms with Crippen LogP contribution in [0.25, 0.3) is 0 Å². The van der Waals surface area contributed by atoms with Crippen molar-refractivity contribution in [3.05, 3.63) is 75.2 Å². The van der Waals surface area contributed by atoms with E-state index in [0.717, 1.165) is 11.3 Å². The molecule has 0 fully saturated rings. The van der Waals surface area contributed by atoms with Crippen LogP contribution in [0.1, 0.15) is 11.3 Å². The quantitative estimate of drug-likeness (QED) is 0.403. The van der Waals surface area contributed by atoms with Gasteiger partial charge in [-0.25, -0.2) is 4.98 Å². The highest BCUT2D eigenvalue weighted by atomic mass is 35.5. The number of methoxy groups -OCH3 is 2. The Labute approximate surface area is 182 Å². The zero-order valence-electron chi connectivity index (χ0n) is 16.4. The van der Waals surface area contributed by atoms with Crippen molar-refractivity contribution in [2.45, 2.75) is 17.3 Å². The van der Waals surface area contributed by atoms with E-state index in [1.165, 1.54) is 24.9 Å². The Hall–Kier alpha value is -2.97. The van der Waals surface area contributed by atoms with Gasteiger partial charge in [0.1, 0.15) is 11.5 Å². The van der Waals surface area contributed by atoms with Gasteiger partial charge in [-0.05, 0) is 35.9 Å². The zero-order chi connectivity index (χ0) is 21.5. The van der Waals surface area contributed by atoms with Crippen LogP contribution in [-0.4, -0.2) is 30.1 Å². The van der Waals surface area contributed by atoms with Crippen molar-refractivity contribution in [1.82, 2.24) is 9.97 Å². The summed E-state index contributed by atoms with van der Waals surface area (Å²) in [5.74, 6) is 1.57. The smallest absolute Gasteiger partial charge is 0.251 e. The van der Waals surface area contributed by atoms with E-state index in [-0.39, 0.29) is 17.9 Å². The van der Waals surface area contributed by atoms with E-state index in [4.69, 9.17) is 21.1 Å². The lowest BCUT2D eigenvalue weighted by Gasteiger charge is -2.08. The molecule has 9 heteroatoms. The summed E-state index contributed by atoms with van der Waals surface area (Å²) < 4.78 is 10.3. The third-order valence-electron chi connectivity index (χ3n) is 4.06. The number of nitrogens with zero attached hydrogens (tertiary/aromatic N) is 1. The van der Waals surface area contributed by atoms with E-state index in [0.29, 0.717) is 33.1 Å². The lowest BCUT2D eigenvalue weighted by atomic mass is 10.2. The number of benzene rings is 2. The number of H-pyrrole nitrogens is 1. The molecular weight excluding hydrogens is 426 g/mol. The van der Waals surface area contributed by atoms with Crippen molar-refractivity contribution in [3.63, 3.8) is 0 Å². The lowest BCUT2D eigenvalue weighted by Crippen LogP contribution is -2.18. The number of ether oxygens (including phenoxy) is 2. The fraction of sp³-hybridized carbons (Fsp3) is 0.190. The number of aromatic nitrogens is 2. The standard InChI is InChI=1S/C21H20ClN3O4S/c1-28-16-5-3-4-13(8-16)12-30-21-24-15(11-20(27)25-21)10-19(26)23-14-6-7-18(29-2)17(22)9-14/h3-9,11H,10,12H2,1-2H3,(H,23,26)(H,24,25,27). The molecule has 0 aliphatic rings. The third kappa shape index (κ3) is 6.01. The number of rotatable bonds is 8. The Balaban J connectivity index is 1.65. The predicted molar refractivity (Wildman–Crippen MR) is 118 cm³/mol. The molecule has 3 aromatic rings. The Morgan fingerprint density at radius 3 is 2.73 bits per heavy atom. The topological polar surface area (TPSA) is 93.3 Å². The summed E-state index contributed by atoms with van der Waals surface area (Å²) in [4.78, 5) is 31.4. The highest BCUT2D eigenvalue weighted by Crippen LogP contribution is 2.27. The molecule has 30 heavy (non-hydrogen) atoms. The molecule has 0 aliphatic carbocycles. The van der Waals surface area contributed by atoms with Crippen LogP contribution in [0.3, 0.4) is 0 Å². The van der Waals surface area contributed by atoms with Crippen LogP contribution in [0, 0.1) is 0 Å². The maximum Gasteiger partial charge on any atom is 0.251 e. The van der Waals surface area contributed by atoms with Gasteiger partial charge < -0.3 is 19.8 Å². The summed E-state index contributed by atoms with van der Waals surface area (Å²) in [7, 11) is 3.13. The maximum atomic E-state index is 12.4. The number of carbonyl (C=O) groups excluding carboxylic acids is 1. The number of halogens is 1. The minimum atomic E-state index is -0.312. The molecule has 0 saturated heterocycles. The van der Waals surface area contributed by atoms with Crippen LogP contribution in [0.2, 0.25) is 5.02 Å². The van der Waals surface area contributed by atoms with Crippen LogP contribution in [0.4, 0.5) is 5.69 Å². The number of amides is 1. The molecule has 1 amide bonds. The van der Waals surface area contributed by atoms with Crippen LogP contribution < -0.4 is 20.3 Å². The number of thioether (sulfide) groups is 1. The molecule has 0 saturated carbocycles. The molecule has 0 bridgehead atoms. The number of carbonyl (C=O) groups is 1. The molecule has 0 aliphatic heterocycles. The van der Waals surface area contributed by atoms with Gasteiger partial charge in [0.2, 0.25) is 5.91 Å². The largest absolute Gasteiger partial charge is 0.497 e. The molecule has 2 aromatic carbocycles. The molecular formula is C21H20ClN3O4S. The number of nitrogens with one attached hydrogen (secondary N) is 2. The third-order valence-corrected chi connectivity index (χ3v) is 5.30. The van der Waals surface area contributed by atoms with E-state index in [2.05, 4.69) is 15.3 Å². The summed E-state index contributed by atoms with van der Waals surface area (Å²) in [6, 6.07) is 13.9. The van der Waals surface area contributed by atoms with Gasteiger partial charge in [0.05, 0.1) is 31.4 Å². The first-order valence-electron chi connectivity index (χ1n) is 8.96. The molecule has 3 rings (SSSR count). The molecule has 0 radical (unpaired) electrons. The monoisotopic (exact) mass is 445 g/mol. The normalized spacial score (nSPS) is 10.5. The summed E-state index contributed by atoms with van der Waals surface area (Å²) in [6.45, 7) is 0. The molecule has 7 nitrogen and oxygen atoms in total. The van der Waals surface area contributed by atoms with E-state index in [1.807, 2.05) is 24.3 Å². The first kappa shape index (κ1) is 21.7. The minimum Gasteiger partial charge on any atom is -0.497 e. The van der Waals surface area contributed by atoms with E-state index >= 15 is 0 Å². The Kier molecular flexibility index (Phi) is 7.37. The van der Waals surface area contributed by atoms with Crippen molar-refractivity contribution < 1.29 is 14.3 Å². The van der Waals surface area contributed by atoms with Crippen molar-refractivity contribution in [2.75, 3.05) is 19.5 Å². The van der Waals surface area contributed by atoms with Gasteiger partial charge in [0.15, 0.2) is 5.16 Å². The van der Waals surface area contributed by atoms with Gasteiger partial charge in [-0.15, -0.1) is 0 Å². The second-order valence-corrected chi connectivity index (χ2v) is 7.63. The van der Waals surface area contributed by atoms with Crippen LogP contribution in [0.5, 0.6) is 11.5 Å². The molecule has 0 spiro atoms. The first-order chi connectivity index (χ1) is 14.5. The molecule has 156 valence electrons. The van der Waals surface area contributed by atoms with Crippen molar-refractivity contribution in [1.29, 1.82) is 0 Å². The molecule has 0 unspecified atom stereocenters. The summed E-state index contributed by atoms with van der Waals surface area (Å²) in [5.41, 5.74) is 1.63. The van der Waals surface area contributed by atoms with Gasteiger partial charge in [0.25, 0.3) is 5.56 Å². The van der Waals surface area contributed by atoms with Gasteiger partial charge in [-0.2, -0.15) is 0 Å². The minimum absolute atomic E-state index is 0.0414. The molecule has 2 N–H and O–H groups in total. The number of hydrogen-bond donors (Lipinski definition) is 2. The SMILES string of the molecule is COc1cccc(CSc2nc(CC(=O)Nc3ccc(OC)c(Cl)c3)cc(=O)[nH]2)c1. The van der Waals surface area contributed by atoms with Gasteiger partial charge in [-0.1, -0.05) is 35.5 Å². The predicted octanol–water partition coefficient (Wildman–Crippen LogP) is 3.91. The van der Waals surface area contributed by atoms with Crippen LogP contribution in [0.15, 0.2) is 58.5 Å². The second kappa shape index (κ2) is 10.2. The summed E-state index contributed by atoms with van der Waals surface area (Å²) >= 11 is 7.45. The van der Waals surface area contributed by atoms with Crippen molar-refractivity contribution >= 4 is 35.0 Å². The second-order valence-electron chi connectivity index (χ2n) is 6.26. The van der Waals surface area contributed by atoms with Crippen molar-refractivity contribution in [2.24, 2.45) is 0 Å². The highest BCUT2D eigenvalue weighted by molar-refractivity contribution is 7.98. The Bertz CT molecular complexity index is 1100. The summed E-state index contributed by atoms with van der Waals surface area (Å²) in [6.07, 6.45) is -0.0414. The van der Waals surface area contributed by atoms with E-state index < -0.39 is 0 Å². The van der Waals surface area contributed by atoms with Gasteiger partial charge >= 0.3 is 0 Å². The van der Waals surface area contributed by atoms with Gasteiger partial charge in [-0.3, -0.25) is 9.59 Å². The number of aromatic amines is 1. The Morgan fingerprint density at radius 1 is 1.17 bits per heavy atom. The average Bonchev–Trinajstić information content (AvgIpc) is 2.72. The zero-order valence-corrected chi connectivity index (χ0v) is 18.0. The Morgan fingerprint density at radius 2 is 2.00 bits per heavy atom. The van der Waals surface area contributed by atoms with Crippen LogP contribution in [-0.2, 0) is 17.0 Å². The molecule has 1 aromatic heterocycles. The fourth-order valence-corrected chi connectivity index (χ4v) is 3.77. The number of anilines is 1. The summed E-state index contributed by atoms with van der Waals surface area (Å²) in [5, 5.41) is 3.57. The number of hydrogen-bond acceptors (Lipinski definition) is 6. The van der Waals surface area contributed by atoms with E-state index in [9.17, 15) is 9.59 Å². The van der Waals surface area contributed by atoms with Crippen molar-refractivity contribution in [3.8, 4) is 11.5 Å². The maximum absolute atomic E-state index is 12.4. The lowest BCUT2D eigenvalue weighted by molar-refractivity contribution is -0.115. The van der Waals surface area contributed by atoms with Crippen LogP contribution >= 0.6 is 23.4 Å². The van der Waals surface area contributed by atoms with E-state index in [1.54, 1.807) is 25.3 Å². The first-order valence-corrected chi connectivity index (χ1v) is 10.3. The average molecular weight is 446 g/mol. The molecule has 0 atom stereocenters. The van der Waals surface area contributed by atoms with Gasteiger partial charge in [0, 0.05) is 17.5 Å². The molecule has 1 heterocycles.